The number of nitro groups is 1. The van der Waals surface area contributed by atoms with Crippen LogP contribution in [0.25, 0.3) is 0 Å². The number of carbonyl (C=O) groups is 1. The molecule has 0 saturated heterocycles. The van der Waals surface area contributed by atoms with Gasteiger partial charge >= 0.3 is 0 Å². The Bertz CT molecular complexity index is 510. The number of nitrogens with one attached hydrogen (secondary N) is 1. The van der Waals surface area contributed by atoms with Gasteiger partial charge in [0.15, 0.2) is 0 Å². The van der Waals surface area contributed by atoms with Crippen molar-refractivity contribution in [1.29, 1.82) is 0 Å². The molecule has 0 heterocycles. The average Bonchev–Trinajstić information content (AvgIpc) is 2.45. The summed E-state index contributed by atoms with van der Waals surface area (Å²) in [6, 6.07) is 6.39. The number of carbonyl (C=O) groups excluding carboxylic acids is 1. The average molecular weight is 277 g/mol. The lowest BCUT2D eigenvalue weighted by atomic mass is 9.82. The number of nitrogens with two attached hydrogens (primary N) is 1. The molecule has 20 heavy (non-hydrogen) atoms. The molecule has 0 aromatic heterocycles. The summed E-state index contributed by atoms with van der Waals surface area (Å²) in [4.78, 5) is 22.6. The number of rotatable bonds is 4. The normalized spacial score (nSPS) is 17.4. The third kappa shape index (κ3) is 3.14. The van der Waals surface area contributed by atoms with Gasteiger partial charge in [0.1, 0.15) is 0 Å². The molecule has 1 aliphatic carbocycles. The Morgan fingerprint density at radius 2 is 1.95 bits per heavy atom. The quantitative estimate of drug-likeness (QED) is 0.648. The molecule has 1 aromatic carbocycles. The second-order valence-electron chi connectivity index (χ2n) is 5.29. The molecule has 6 nitrogen and oxygen atoms in total. The van der Waals surface area contributed by atoms with Gasteiger partial charge in [-0.25, -0.2) is 0 Å². The highest BCUT2D eigenvalue weighted by atomic mass is 16.6. The lowest BCUT2D eigenvalue weighted by molar-refractivity contribution is -0.385. The third-order valence-electron chi connectivity index (χ3n) is 3.83. The predicted octanol–water partition coefficient (Wildman–Crippen LogP) is 1.87. The van der Waals surface area contributed by atoms with Gasteiger partial charge in [0, 0.05) is 18.2 Å². The zero-order valence-corrected chi connectivity index (χ0v) is 11.3. The molecule has 108 valence electrons. The van der Waals surface area contributed by atoms with E-state index in [0.29, 0.717) is 18.4 Å². The maximum absolute atomic E-state index is 12.2. The second kappa shape index (κ2) is 6.00. The van der Waals surface area contributed by atoms with E-state index in [0.717, 1.165) is 19.3 Å². The molecule has 0 unspecified atom stereocenters. The van der Waals surface area contributed by atoms with Gasteiger partial charge in [-0.1, -0.05) is 37.5 Å². The summed E-state index contributed by atoms with van der Waals surface area (Å²) in [5.41, 5.74) is 5.81. The van der Waals surface area contributed by atoms with Crippen LogP contribution in [0, 0.1) is 10.1 Å². The standard InChI is InChI=1S/C14H19N3O3/c15-14(8-4-1-5-9-14)13(18)16-10-11-6-2-3-7-12(11)17(19)20/h2-3,6-7H,1,4-5,8-10,15H2,(H,16,18). The largest absolute Gasteiger partial charge is 0.350 e. The molecule has 0 spiro atoms. The Morgan fingerprint density at radius 1 is 1.30 bits per heavy atom. The first-order chi connectivity index (χ1) is 9.53. The smallest absolute Gasteiger partial charge is 0.274 e. The van der Waals surface area contributed by atoms with Crippen LogP contribution in [0.3, 0.4) is 0 Å². The Morgan fingerprint density at radius 3 is 2.60 bits per heavy atom. The van der Waals surface area contributed by atoms with Crippen LogP contribution in [0.4, 0.5) is 5.69 Å². The fourth-order valence-electron chi connectivity index (χ4n) is 2.60. The van der Waals surface area contributed by atoms with E-state index in [9.17, 15) is 14.9 Å². The third-order valence-corrected chi connectivity index (χ3v) is 3.83. The van der Waals surface area contributed by atoms with Crippen molar-refractivity contribution < 1.29 is 9.72 Å². The highest BCUT2D eigenvalue weighted by Crippen LogP contribution is 2.26. The summed E-state index contributed by atoms with van der Waals surface area (Å²) in [5, 5.41) is 13.6. The van der Waals surface area contributed by atoms with Crippen molar-refractivity contribution in [2.24, 2.45) is 5.73 Å². The lowest BCUT2D eigenvalue weighted by Gasteiger charge is -2.31. The van der Waals surface area contributed by atoms with Gasteiger partial charge in [0.2, 0.25) is 5.91 Å². The number of amides is 1. The number of hydrogen-bond donors (Lipinski definition) is 2. The van der Waals surface area contributed by atoms with Gasteiger partial charge in [0.25, 0.3) is 5.69 Å². The molecule has 0 radical (unpaired) electrons. The summed E-state index contributed by atoms with van der Waals surface area (Å²) in [6.07, 6.45) is 4.37. The van der Waals surface area contributed by atoms with Crippen LogP contribution in [0.2, 0.25) is 0 Å². The molecular weight excluding hydrogens is 258 g/mol. The minimum atomic E-state index is -0.818. The molecule has 3 N–H and O–H groups in total. The highest BCUT2D eigenvalue weighted by molar-refractivity contribution is 5.86. The summed E-state index contributed by atoms with van der Waals surface area (Å²) in [6.45, 7) is 0.134. The molecule has 0 atom stereocenters. The number of nitro benzene ring substituents is 1. The van der Waals surface area contributed by atoms with Crippen molar-refractivity contribution in [2.75, 3.05) is 0 Å². The maximum atomic E-state index is 12.2. The number of nitrogens with zero attached hydrogens (tertiary/aromatic N) is 1. The van der Waals surface area contributed by atoms with Gasteiger partial charge in [0.05, 0.1) is 10.5 Å². The number of hydrogen-bond acceptors (Lipinski definition) is 4. The van der Waals surface area contributed by atoms with Crippen LogP contribution >= 0.6 is 0 Å². The predicted molar refractivity (Wildman–Crippen MR) is 74.9 cm³/mol. The first kappa shape index (κ1) is 14.5. The van der Waals surface area contributed by atoms with Crippen molar-refractivity contribution in [3.05, 3.63) is 39.9 Å². The Kier molecular flexibility index (Phi) is 4.34. The maximum Gasteiger partial charge on any atom is 0.274 e. The van der Waals surface area contributed by atoms with E-state index in [-0.39, 0.29) is 18.1 Å². The van der Waals surface area contributed by atoms with Crippen molar-refractivity contribution in [2.45, 2.75) is 44.2 Å². The molecule has 1 fully saturated rings. The van der Waals surface area contributed by atoms with Crippen molar-refractivity contribution in [3.63, 3.8) is 0 Å². The van der Waals surface area contributed by atoms with Crippen LogP contribution in [0.1, 0.15) is 37.7 Å². The Hall–Kier alpha value is -1.95. The van der Waals surface area contributed by atoms with Crippen molar-refractivity contribution in [3.8, 4) is 0 Å². The first-order valence-electron chi connectivity index (χ1n) is 6.82. The molecule has 1 amide bonds. The lowest BCUT2D eigenvalue weighted by Crippen LogP contribution is -2.54. The van der Waals surface area contributed by atoms with E-state index in [4.69, 9.17) is 5.73 Å². The van der Waals surface area contributed by atoms with Crippen LogP contribution in [0.5, 0.6) is 0 Å². The van der Waals surface area contributed by atoms with Crippen molar-refractivity contribution in [1.82, 2.24) is 5.32 Å². The van der Waals surface area contributed by atoms with E-state index < -0.39 is 10.5 Å². The fraction of sp³-hybridized carbons (Fsp3) is 0.500. The zero-order chi connectivity index (χ0) is 14.6. The minimum absolute atomic E-state index is 0.0162. The molecular formula is C14H19N3O3. The van der Waals surface area contributed by atoms with Crippen LogP contribution < -0.4 is 11.1 Å². The van der Waals surface area contributed by atoms with Crippen LogP contribution in [-0.2, 0) is 11.3 Å². The molecule has 0 aliphatic heterocycles. The summed E-state index contributed by atoms with van der Waals surface area (Å²) < 4.78 is 0. The van der Waals surface area contributed by atoms with Crippen molar-refractivity contribution >= 4 is 11.6 Å². The highest BCUT2D eigenvalue weighted by Gasteiger charge is 2.35. The molecule has 1 aliphatic rings. The summed E-state index contributed by atoms with van der Waals surface area (Å²) >= 11 is 0. The van der Waals surface area contributed by atoms with Gasteiger partial charge in [-0.15, -0.1) is 0 Å². The summed E-state index contributed by atoms with van der Waals surface area (Å²) in [5.74, 6) is -0.213. The molecule has 6 heteroatoms. The number of benzene rings is 1. The van der Waals surface area contributed by atoms with E-state index in [1.807, 2.05) is 0 Å². The molecule has 0 bridgehead atoms. The van der Waals surface area contributed by atoms with Crippen LogP contribution in [0.15, 0.2) is 24.3 Å². The monoisotopic (exact) mass is 277 g/mol. The molecule has 2 rings (SSSR count). The SMILES string of the molecule is NC1(C(=O)NCc2ccccc2[N+](=O)[O-])CCCCC1. The van der Waals surface area contributed by atoms with E-state index in [1.54, 1.807) is 18.2 Å². The topological polar surface area (TPSA) is 98.3 Å². The van der Waals surface area contributed by atoms with Gasteiger partial charge in [-0.2, -0.15) is 0 Å². The van der Waals surface area contributed by atoms with Gasteiger partial charge in [-0.05, 0) is 12.8 Å². The molecule has 1 aromatic rings. The van der Waals surface area contributed by atoms with E-state index in [1.165, 1.54) is 6.07 Å². The van der Waals surface area contributed by atoms with Gasteiger partial charge < -0.3 is 11.1 Å². The van der Waals surface area contributed by atoms with Gasteiger partial charge in [-0.3, -0.25) is 14.9 Å². The zero-order valence-electron chi connectivity index (χ0n) is 11.3. The Labute approximate surface area is 117 Å². The Balaban J connectivity index is 2.02. The summed E-state index contributed by atoms with van der Waals surface area (Å²) in [7, 11) is 0. The minimum Gasteiger partial charge on any atom is -0.350 e. The fourth-order valence-corrected chi connectivity index (χ4v) is 2.60. The number of para-hydroxylation sites is 1. The first-order valence-corrected chi connectivity index (χ1v) is 6.82. The second-order valence-corrected chi connectivity index (χ2v) is 5.29. The van der Waals surface area contributed by atoms with Crippen LogP contribution in [-0.4, -0.2) is 16.4 Å². The van der Waals surface area contributed by atoms with E-state index >= 15 is 0 Å². The molecule has 1 saturated carbocycles. The van der Waals surface area contributed by atoms with E-state index in [2.05, 4.69) is 5.32 Å².